The first-order valence-corrected chi connectivity index (χ1v) is 13.6. The number of alkyl halides is 6. The average molecular weight is 635 g/mol. The second-order valence-corrected chi connectivity index (χ2v) is 10.4. The number of amides is 1. The van der Waals surface area contributed by atoms with Crippen LogP contribution in [0.5, 0.6) is 11.5 Å². The zero-order valence-corrected chi connectivity index (χ0v) is 26.6. The average Bonchev–Trinajstić information content (AvgIpc) is 2.93. The summed E-state index contributed by atoms with van der Waals surface area (Å²) in [7, 11) is 2.21. The Morgan fingerprint density at radius 1 is 0.977 bits per heavy atom. The number of ether oxygens (including phenoxy) is 2. The summed E-state index contributed by atoms with van der Waals surface area (Å²) < 4.78 is 87.9. The predicted octanol–water partition coefficient (Wildman–Crippen LogP) is 9.31. The van der Waals surface area contributed by atoms with Crippen LogP contribution in [0.4, 0.5) is 37.7 Å². The highest BCUT2D eigenvalue weighted by molar-refractivity contribution is 5.89. The molecule has 0 atom stereocenters. The summed E-state index contributed by atoms with van der Waals surface area (Å²) in [5, 5.41) is 5.10. The zero-order valence-electron chi connectivity index (χ0n) is 26.6. The zero-order chi connectivity index (χ0) is 34.8. The van der Waals surface area contributed by atoms with Gasteiger partial charge in [-0.15, -0.1) is 12.8 Å². The van der Waals surface area contributed by atoms with Crippen LogP contribution in [-0.4, -0.2) is 32.7 Å². The summed E-state index contributed by atoms with van der Waals surface area (Å²) in [5.41, 5.74) is -1.19. The first-order chi connectivity index (χ1) is 20.5. The topological polar surface area (TPSA) is 76.7 Å². The standard InChI is InChI=1S/C21H23F5N2O2.C8H16O2.C2H2.CH3F/c1-11(2)7-13-8-15(5-6-18(13)27-4)30-19-16(20(22)23)9-14(28-12(3)29)10-17(19)21(24,25)26;1-6(2)8(7(3)4)10-5-9;2*1-2/h5-6,8-11,20,27H,7H2,1-4H3,(H,28,29);5-8H,1-4H3;1-2H;1H3. The molecular formula is C32H44F6N2O4. The molecule has 0 aromatic heterocycles. The monoisotopic (exact) mass is 634 g/mol. The maximum atomic E-state index is 13.6. The maximum Gasteiger partial charge on any atom is 0.420 e. The number of hydrogen-bond donors (Lipinski definition) is 2. The van der Waals surface area contributed by atoms with E-state index in [2.05, 4.69) is 23.5 Å². The van der Waals surface area contributed by atoms with Crippen molar-refractivity contribution in [3.05, 3.63) is 47.0 Å². The van der Waals surface area contributed by atoms with Crippen LogP contribution in [0.25, 0.3) is 0 Å². The SMILES string of the molecule is C#C.CC(C)C(OC=O)C(C)C.CF.CNc1ccc(Oc2c(C(F)F)cc(NC(C)=O)cc2C(F)(F)F)cc1CC(C)C. The highest BCUT2D eigenvalue weighted by Crippen LogP contribution is 2.45. The molecule has 0 fully saturated rings. The number of rotatable bonds is 11. The van der Waals surface area contributed by atoms with Gasteiger partial charge in [-0.2, -0.15) is 13.2 Å². The van der Waals surface area contributed by atoms with Crippen LogP contribution in [0.2, 0.25) is 0 Å². The largest absolute Gasteiger partial charge is 0.464 e. The molecule has 248 valence electrons. The summed E-state index contributed by atoms with van der Waals surface area (Å²) >= 11 is 0. The van der Waals surface area contributed by atoms with Crippen molar-refractivity contribution in [3.63, 3.8) is 0 Å². The van der Waals surface area contributed by atoms with Gasteiger partial charge in [-0.05, 0) is 60.1 Å². The molecule has 0 aliphatic heterocycles. The third kappa shape index (κ3) is 14.5. The van der Waals surface area contributed by atoms with Crippen LogP contribution in [0.15, 0.2) is 30.3 Å². The molecule has 0 heterocycles. The van der Waals surface area contributed by atoms with Crippen LogP contribution >= 0.6 is 0 Å². The minimum Gasteiger partial charge on any atom is -0.464 e. The van der Waals surface area contributed by atoms with E-state index >= 15 is 0 Å². The molecule has 0 aliphatic rings. The number of anilines is 2. The normalized spacial score (nSPS) is 10.7. The molecule has 0 aliphatic carbocycles. The van der Waals surface area contributed by atoms with E-state index in [4.69, 9.17) is 9.47 Å². The highest BCUT2D eigenvalue weighted by atomic mass is 19.4. The van der Waals surface area contributed by atoms with Gasteiger partial charge in [0.1, 0.15) is 23.2 Å². The predicted molar refractivity (Wildman–Crippen MR) is 163 cm³/mol. The molecule has 2 aromatic rings. The van der Waals surface area contributed by atoms with E-state index in [0.717, 1.165) is 24.2 Å². The van der Waals surface area contributed by atoms with Gasteiger partial charge in [0.15, 0.2) is 0 Å². The molecule has 0 spiro atoms. The molecule has 0 unspecified atom stereocenters. The first kappa shape index (κ1) is 42.3. The van der Waals surface area contributed by atoms with Crippen molar-refractivity contribution < 1.29 is 45.4 Å². The lowest BCUT2D eigenvalue weighted by Crippen LogP contribution is -2.25. The van der Waals surface area contributed by atoms with E-state index in [-0.39, 0.29) is 23.5 Å². The van der Waals surface area contributed by atoms with Crippen molar-refractivity contribution in [2.24, 2.45) is 17.8 Å². The van der Waals surface area contributed by atoms with Crippen LogP contribution in [-0.2, 0) is 26.9 Å². The van der Waals surface area contributed by atoms with E-state index in [1.165, 1.54) is 12.1 Å². The van der Waals surface area contributed by atoms with Crippen molar-refractivity contribution >= 4 is 23.8 Å². The van der Waals surface area contributed by atoms with E-state index < -0.39 is 35.4 Å². The summed E-state index contributed by atoms with van der Waals surface area (Å²) in [6.45, 7) is 13.8. The minimum absolute atomic E-state index is 0.00401. The lowest BCUT2D eigenvalue weighted by atomic mass is 9.96. The van der Waals surface area contributed by atoms with Crippen LogP contribution in [0, 0.1) is 30.6 Å². The van der Waals surface area contributed by atoms with E-state index in [9.17, 15) is 35.9 Å². The van der Waals surface area contributed by atoms with Crippen LogP contribution in [0.1, 0.15) is 71.6 Å². The van der Waals surface area contributed by atoms with Gasteiger partial charge < -0.3 is 20.1 Å². The molecular weight excluding hydrogens is 590 g/mol. The third-order valence-electron chi connectivity index (χ3n) is 5.70. The number of halogens is 6. The summed E-state index contributed by atoms with van der Waals surface area (Å²) in [5.74, 6) is -0.594. The Balaban J connectivity index is 0. The number of hydrogen-bond acceptors (Lipinski definition) is 5. The number of terminal acetylenes is 1. The van der Waals surface area contributed by atoms with E-state index in [0.29, 0.717) is 38.0 Å². The molecule has 2 aromatic carbocycles. The number of nitrogens with one attached hydrogen (secondary N) is 2. The van der Waals surface area contributed by atoms with Crippen molar-refractivity contribution in [2.75, 3.05) is 24.9 Å². The molecule has 0 saturated heterocycles. The molecule has 0 saturated carbocycles. The third-order valence-corrected chi connectivity index (χ3v) is 5.70. The van der Waals surface area contributed by atoms with Gasteiger partial charge in [0.25, 0.3) is 12.9 Å². The first-order valence-electron chi connectivity index (χ1n) is 13.6. The Hall–Kier alpha value is -3.88. The Morgan fingerprint density at radius 3 is 1.89 bits per heavy atom. The maximum absolute atomic E-state index is 13.6. The van der Waals surface area contributed by atoms with Crippen LogP contribution in [0.3, 0.4) is 0 Å². The summed E-state index contributed by atoms with van der Waals surface area (Å²) in [6, 6.07) is 5.93. The van der Waals surface area contributed by atoms with Gasteiger partial charge in [-0.25, -0.2) is 8.78 Å². The molecule has 6 nitrogen and oxygen atoms in total. The minimum atomic E-state index is -4.97. The lowest BCUT2D eigenvalue weighted by molar-refractivity contribution is -0.139. The Labute approximate surface area is 256 Å². The second-order valence-electron chi connectivity index (χ2n) is 10.4. The van der Waals surface area contributed by atoms with Crippen molar-refractivity contribution in [2.45, 2.75) is 73.6 Å². The Bertz CT molecular complexity index is 1160. The van der Waals surface area contributed by atoms with Gasteiger partial charge in [0.2, 0.25) is 5.91 Å². The van der Waals surface area contributed by atoms with Crippen molar-refractivity contribution in [1.82, 2.24) is 0 Å². The second kappa shape index (κ2) is 20.9. The van der Waals surface area contributed by atoms with Gasteiger partial charge in [-0.3, -0.25) is 14.0 Å². The molecule has 44 heavy (non-hydrogen) atoms. The van der Waals surface area contributed by atoms with Gasteiger partial charge >= 0.3 is 6.18 Å². The molecule has 1 amide bonds. The number of carbonyl (C=O) groups excluding carboxylic acids is 2. The molecule has 0 bridgehead atoms. The smallest absolute Gasteiger partial charge is 0.420 e. The fourth-order valence-corrected chi connectivity index (χ4v) is 4.17. The lowest BCUT2D eigenvalue weighted by Gasteiger charge is -2.22. The van der Waals surface area contributed by atoms with Crippen molar-refractivity contribution in [1.29, 1.82) is 0 Å². The Morgan fingerprint density at radius 2 is 1.52 bits per heavy atom. The van der Waals surface area contributed by atoms with Gasteiger partial charge in [-0.1, -0.05) is 41.5 Å². The summed E-state index contributed by atoms with van der Waals surface area (Å²) in [6.07, 6.45) is 0.459. The molecule has 2 N–H and O–H groups in total. The molecule has 0 radical (unpaired) electrons. The Kier molecular flexibility index (Phi) is 20.1. The summed E-state index contributed by atoms with van der Waals surface area (Å²) in [4.78, 5) is 21.2. The molecule has 2 rings (SSSR count). The number of benzene rings is 2. The highest BCUT2D eigenvalue weighted by Gasteiger charge is 2.38. The quantitative estimate of drug-likeness (QED) is 0.146. The fourth-order valence-electron chi connectivity index (χ4n) is 4.17. The van der Waals surface area contributed by atoms with Crippen molar-refractivity contribution in [3.8, 4) is 24.3 Å². The van der Waals surface area contributed by atoms with E-state index in [1.807, 2.05) is 41.5 Å². The van der Waals surface area contributed by atoms with E-state index in [1.54, 1.807) is 13.1 Å². The number of carbonyl (C=O) groups is 2. The van der Waals surface area contributed by atoms with Gasteiger partial charge in [0, 0.05) is 25.3 Å². The molecule has 12 heteroatoms. The van der Waals surface area contributed by atoms with Gasteiger partial charge in [0.05, 0.1) is 12.7 Å². The fraction of sp³-hybridized carbons (Fsp3) is 0.500. The van der Waals surface area contributed by atoms with Crippen LogP contribution < -0.4 is 15.4 Å².